The lowest BCUT2D eigenvalue weighted by Gasteiger charge is -2.14. The van der Waals surface area contributed by atoms with E-state index in [0.29, 0.717) is 5.56 Å². The number of aryl methyl sites for hydroxylation is 5. The van der Waals surface area contributed by atoms with Crippen molar-refractivity contribution in [2.75, 3.05) is 6.79 Å². The van der Waals surface area contributed by atoms with Crippen molar-refractivity contribution < 1.29 is 24.2 Å². The fourth-order valence-electron chi connectivity index (χ4n) is 4.29. The van der Waals surface area contributed by atoms with Crippen LogP contribution in [0.25, 0.3) is 11.4 Å². The molecule has 0 aliphatic carbocycles. The number of phenolic OH excluding ortho intramolecular Hbond substituents is 1. The highest BCUT2D eigenvalue weighted by Crippen LogP contribution is 2.25. The van der Waals surface area contributed by atoms with Crippen molar-refractivity contribution in [2.45, 2.75) is 34.6 Å². The van der Waals surface area contributed by atoms with E-state index in [1.54, 1.807) is 18.2 Å². The van der Waals surface area contributed by atoms with Crippen LogP contribution in [-0.4, -0.2) is 33.0 Å². The number of carbonyl (C=O) groups excluding carboxylic acids is 2. The van der Waals surface area contributed by atoms with Crippen molar-refractivity contribution in [1.82, 2.24) is 9.13 Å². The Hall–Kier alpha value is -4.26. The normalized spacial score (nSPS) is 10.9. The molecule has 7 heteroatoms. The molecule has 35 heavy (non-hydrogen) atoms. The monoisotopic (exact) mass is 472 g/mol. The van der Waals surface area contributed by atoms with E-state index in [9.17, 15) is 14.7 Å². The van der Waals surface area contributed by atoms with Gasteiger partial charge in [0.15, 0.2) is 0 Å². The van der Waals surface area contributed by atoms with Crippen molar-refractivity contribution in [3.05, 3.63) is 100 Å². The molecule has 0 radical (unpaired) electrons. The summed E-state index contributed by atoms with van der Waals surface area (Å²) in [5, 5.41) is 10.4. The van der Waals surface area contributed by atoms with Gasteiger partial charge in [0.1, 0.15) is 11.3 Å². The van der Waals surface area contributed by atoms with Gasteiger partial charge in [0, 0.05) is 40.2 Å². The Kier molecular flexibility index (Phi) is 6.51. The zero-order valence-electron chi connectivity index (χ0n) is 20.5. The Morgan fingerprint density at radius 3 is 1.86 bits per heavy atom. The zero-order chi connectivity index (χ0) is 25.3. The van der Waals surface area contributed by atoms with Crippen LogP contribution in [0.2, 0.25) is 0 Å². The number of carbonyl (C=O) groups is 2. The van der Waals surface area contributed by atoms with Gasteiger partial charge < -0.3 is 23.7 Å². The molecule has 0 atom stereocenters. The van der Waals surface area contributed by atoms with Crippen LogP contribution < -0.4 is 0 Å². The van der Waals surface area contributed by atoms with Crippen molar-refractivity contribution in [1.29, 1.82) is 0 Å². The van der Waals surface area contributed by atoms with Crippen molar-refractivity contribution in [2.24, 2.45) is 0 Å². The van der Waals surface area contributed by atoms with Crippen LogP contribution in [0, 0.1) is 34.6 Å². The average molecular weight is 473 g/mol. The molecule has 2 aromatic carbocycles. The molecule has 7 nitrogen and oxygen atoms in total. The van der Waals surface area contributed by atoms with Crippen molar-refractivity contribution >= 4 is 11.9 Å². The second-order valence-corrected chi connectivity index (χ2v) is 8.59. The van der Waals surface area contributed by atoms with E-state index in [1.807, 2.05) is 69.5 Å². The number of ether oxygens (including phenoxy) is 2. The lowest BCUT2D eigenvalue weighted by Crippen LogP contribution is -2.14. The largest absolute Gasteiger partial charge is 0.507 e. The van der Waals surface area contributed by atoms with Gasteiger partial charge in [-0.3, -0.25) is 0 Å². The number of phenols is 1. The molecule has 0 saturated heterocycles. The summed E-state index contributed by atoms with van der Waals surface area (Å²) in [4.78, 5) is 24.9. The van der Waals surface area contributed by atoms with E-state index in [2.05, 4.69) is 4.57 Å². The fraction of sp³-hybridized carbons (Fsp3) is 0.214. The van der Waals surface area contributed by atoms with Crippen LogP contribution in [0.4, 0.5) is 0 Å². The van der Waals surface area contributed by atoms with E-state index in [1.165, 1.54) is 12.1 Å². The molecule has 0 amide bonds. The van der Waals surface area contributed by atoms with Crippen LogP contribution >= 0.6 is 0 Å². The van der Waals surface area contributed by atoms with E-state index < -0.39 is 18.7 Å². The molecule has 0 aliphatic rings. The van der Waals surface area contributed by atoms with Gasteiger partial charge in [-0.05, 0) is 94.8 Å². The molecule has 4 aromatic rings. The maximum Gasteiger partial charge on any atom is 0.344 e. The number of hydrogen-bond donors (Lipinski definition) is 1. The van der Waals surface area contributed by atoms with Gasteiger partial charge in [-0.1, -0.05) is 0 Å². The molecule has 180 valence electrons. The highest BCUT2D eigenvalue weighted by Gasteiger charge is 2.17. The Labute approximate surface area is 204 Å². The molecule has 0 bridgehead atoms. The molecule has 0 fully saturated rings. The first-order chi connectivity index (χ1) is 16.7. The third-order valence-electron chi connectivity index (χ3n) is 6.06. The van der Waals surface area contributed by atoms with Gasteiger partial charge in [0.2, 0.25) is 6.79 Å². The van der Waals surface area contributed by atoms with Crippen LogP contribution in [0.3, 0.4) is 0 Å². The summed E-state index contributed by atoms with van der Waals surface area (Å²) in [7, 11) is 0. The predicted molar refractivity (Wildman–Crippen MR) is 133 cm³/mol. The van der Waals surface area contributed by atoms with E-state index in [-0.39, 0.29) is 11.3 Å². The Balaban J connectivity index is 1.39. The summed E-state index contributed by atoms with van der Waals surface area (Å²) >= 11 is 0. The van der Waals surface area contributed by atoms with Crippen molar-refractivity contribution in [3.8, 4) is 17.1 Å². The molecule has 2 heterocycles. The lowest BCUT2D eigenvalue weighted by molar-refractivity contribution is -0.0168. The highest BCUT2D eigenvalue weighted by molar-refractivity contribution is 5.93. The standard InChI is InChI=1S/C28H28N2O5/c1-17-14-22(10-13-25(17)30-20(4)8-9-21(30)5)27(32)34-16-35-28(33)24-12-11-23(15-26(24)31)29-18(2)6-7-19(29)3/h6-15,31H,16H2,1-5H3. The summed E-state index contributed by atoms with van der Waals surface area (Å²) in [6.45, 7) is 9.32. The minimum Gasteiger partial charge on any atom is -0.507 e. The van der Waals surface area contributed by atoms with Crippen molar-refractivity contribution in [3.63, 3.8) is 0 Å². The summed E-state index contributed by atoms with van der Waals surface area (Å²) in [6, 6.07) is 18.0. The molecule has 4 rings (SSSR count). The quantitative estimate of drug-likeness (QED) is 0.297. The average Bonchev–Trinajstić information content (AvgIpc) is 3.33. The maximum absolute atomic E-state index is 12.5. The van der Waals surface area contributed by atoms with Gasteiger partial charge in [0.25, 0.3) is 0 Å². The lowest BCUT2D eigenvalue weighted by atomic mass is 10.1. The van der Waals surface area contributed by atoms with Crippen LogP contribution in [0.15, 0.2) is 60.7 Å². The number of nitrogens with zero attached hydrogens (tertiary/aromatic N) is 2. The van der Waals surface area contributed by atoms with Crippen LogP contribution in [0.1, 0.15) is 49.1 Å². The Morgan fingerprint density at radius 1 is 0.714 bits per heavy atom. The number of aromatic nitrogens is 2. The van der Waals surface area contributed by atoms with E-state index in [4.69, 9.17) is 9.47 Å². The smallest absolute Gasteiger partial charge is 0.344 e. The number of rotatable bonds is 6. The molecular formula is C28H28N2O5. The molecule has 0 saturated carbocycles. The van der Waals surface area contributed by atoms with E-state index >= 15 is 0 Å². The van der Waals surface area contributed by atoms with Gasteiger partial charge in [0.05, 0.1) is 5.56 Å². The van der Waals surface area contributed by atoms with Gasteiger partial charge in [-0.25, -0.2) is 9.59 Å². The maximum atomic E-state index is 12.5. The molecule has 1 N–H and O–H groups in total. The molecule has 0 spiro atoms. The fourth-order valence-corrected chi connectivity index (χ4v) is 4.29. The topological polar surface area (TPSA) is 82.7 Å². The third-order valence-corrected chi connectivity index (χ3v) is 6.06. The molecule has 0 unspecified atom stereocenters. The SMILES string of the molecule is Cc1cc(C(=O)OCOC(=O)c2ccc(-n3c(C)ccc3C)cc2O)ccc1-n1c(C)ccc1C. The second-order valence-electron chi connectivity index (χ2n) is 8.59. The van der Waals surface area contributed by atoms with Gasteiger partial charge >= 0.3 is 11.9 Å². The number of esters is 2. The summed E-state index contributed by atoms with van der Waals surface area (Å²) in [5.41, 5.74) is 7.19. The summed E-state index contributed by atoms with van der Waals surface area (Å²) in [5.74, 6) is -1.60. The third kappa shape index (κ3) is 4.71. The minimum absolute atomic E-state index is 0.00933. The molecule has 2 aromatic heterocycles. The Bertz CT molecular complexity index is 1390. The Morgan fingerprint density at radius 2 is 1.29 bits per heavy atom. The van der Waals surface area contributed by atoms with Crippen LogP contribution in [-0.2, 0) is 9.47 Å². The highest BCUT2D eigenvalue weighted by atomic mass is 16.7. The first-order valence-corrected chi connectivity index (χ1v) is 11.3. The first-order valence-electron chi connectivity index (χ1n) is 11.3. The predicted octanol–water partition coefficient (Wildman–Crippen LogP) is 5.49. The summed E-state index contributed by atoms with van der Waals surface area (Å²) in [6.07, 6.45) is 0. The zero-order valence-corrected chi connectivity index (χ0v) is 20.5. The minimum atomic E-state index is -0.784. The number of benzene rings is 2. The van der Waals surface area contributed by atoms with Crippen LogP contribution in [0.5, 0.6) is 5.75 Å². The first kappa shape index (κ1) is 23.9. The second kappa shape index (κ2) is 9.54. The van der Waals surface area contributed by atoms with E-state index in [0.717, 1.165) is 39.7 Å². The summed E-state index contributed by atoms with van der Waals surface area (Å²) < 4.78 is 14.3. The number of hydrogen-bond acceptors (Lipinski definition) is 5. The number of aromatic hydroxyl groups is 1. The molecular weight excluding hydrogens is 444 g/mol. The van der Waals surface area contributed by atoms with Gasteiger partial charge in [-0.15, -0.1) is 0 Å². The van der Waals surface area contributed by atoms with Gasteiger partial charge in [-0.2, -0.15) is 0 Å². The molecule has 0 aliphatic heterocycles.